The van der Waals surface area contributed by atoms with Gasteiger partial charge in [-0.25, -0.2) is 0 Å². The van der Waals surface area contributed by atoms with E-state index in [1.165, 1.54) is 0 Å². The number of hydrogen-bond donors (Lipinski definition) is 1. The van der Waals surface area contributed by atoms with Crippen molar-refractivity contribution >= 4 is 22.7 Å². The molecule has 5 rings (SSSR count). The van der Waals surface area contributed by atoms with E-state index in [2.05, 4.69) is 10.2 Å². The summed E-state index contributed by atoms with van der Waals surface area (Å²) in [5, 5.41) is 42.2. The van der Waals surface area contributed by atoms with E-state index in [-0.39, 0.29) is 43.6 Å². The Bertz CT molecular complexity index is 1630. The topological polar surface area (TPSA) is 177 Å². The molecule has 4 aromatic carbocycles. The molecule has 0 aliphatic carbocycles. The minimum atomic E-state index is -0.766. The second-order valence-corrected chi connectivity index (χ2v) is 10.7. The number of phenols is 1. The van der Waals surface area contributed by atoms with Gasteiger partial charge >= 0.3 is 5.69 Å². The number of aromatic hydroxyl groups is 1. The van der Waals surface area contributed by atoms with Gasteiger partial charge in [0.1, 0.15) is 18.0 Å². The van der Waals surface area contributed by atoms with Crippen molar-refractivity contribution in [3.63, 3.8) is 0 Å². The highest BCUT2D eigenvalue weighted by atomic mass is 16.6. The summed E-state index contributed by atoms with van der Waals surface area (Å²) in [6, 6.07) is 25.3. The predicted octanol–water partition coefficient (Wildman–Crippen LogP) is 7.20. The van der Waals surface area contributed by atoms with Crippen LogP contribution in [0.5, 0.6) is 5.75 Å². The van der Waals surface area contributed by atoms with Gasteiger partial charge in [0.15, 0.2) is 5.69 Å². The lowest BCUT2D eigenvalue weighted by atomic mass is 10.1. The third kappa shape index (κ3) is 9.47. The summed E-state index contributed by atoms with van der Waals surface area (Å²) in [5.41, 5.74) is 1.61. The van der Waals surface area contributed by atoms with Crippen molar-refractivity contribution in [1.82, 2.24) is 0 Å². The van der Waals surface area contributed by atoms with Gasteiger partial charge in [0.05, 0.1) is 74.5 Å². The third-order valence-electron chi connectivity index (χ3n) is 7.38. The predicted molar refractivity (Wildman–Crippen MR) is 172 cm³/mol. The maximum atomic E-state index is 11.6. The minimum absolute atomic E-state index is 0.0290. The van der Waals surface area contributed by atoms with Crippen LogP contribution in [0.1, 0.15) is 34.5 Å². The average Bonchev–Trinajstić information content (AvgIpc) is 3.10. The summed E-state index contributed by atoms with van der Waals surface area (Å²) in [6.07, 6.45) is -0.828. The number of nitro groups is 2. The number of phenolic OH excluding ortho intramolecular Hbond substituents is 1. The van der Waals surface area contributed by atoms with Crippen LogP contribution >= 0.6 is 0 Å². The van der Waals surface area contributed by atoms with Crippen LogP contribution in [0, 0.1) is 20.2 Å². The monoisotopic (exact) mass is 658 g/mol. The summed E-state index contributed by atoms with van der Waals surface area (Å²) in [5.74, 6) is -0.0702. The normalized spacial score (nSPS) is 18.5. The lowest BCUT2D eigenvalue weighted by Gasteiger charge is -2.21. The van der Waals surface area contributed by atoms with Crippen LogP contribution in [0.25, 0.3) is 0 Å². The van der Waals surface area contributed by atoms with E-state index < -0.39 is 33.4 Å². The van der Waals surface area contributed by atoms with Gasteiger partial charge in [0.25, 0.3) is 5.69 Å². The second-order valence-electron chi connectivity index (χ2n) is 10.7. The maximum absolute atomic E-state index is 11.6. The second kappa shape index (κ2) is 17.2. The summed E-state index contributed by atoms with van der Waals surface area (Å²) in [4.78, 5) is 21.3. The van der Waals surface area contributed by atoms with Gasteiger partial charge in [0.2, 0.25) is 0 Å². The zero-order chi connectivity index (χ0) is 33.7. The molecule has 4 aromatic rings. The largest absolute Gasteiger partial charge is 0.507 e. The number of non-ortho nitro benzene ring substituents is 1. The summed E-state index contributed by atoms with van der Waals surface area (Å²) < 4.78 is 30.0. The maximum Gasteiger partial charge on any atom is 0.303 e. The standard InChI is InChI=1S/C34H34N4O10/c39-34-26-17-28(35-36-30-12-11-29(37(40)41)19-31(30)38(42)43)18-27(34)21-46-23-33(25-9-5-2-6-10-25)48-16-14-44-13-15-47-32(22-45-20-26)24-7-3-1-4-8-24/h1-12,17-19,32-33,39H,13-16,20-23H2/t32-,33?/m1/s1. The van der Waals surface area contributed by atoms with E-state index in [0.717, 1.165) is 29.3 Å². The number of azo groups is 1. The number of nitro benzene ring substituents is 2. The molecule has 0 aromatic heterocycles. The zero-order valence-electron chi connectivity index (χ0n) is 25.9. The van der Waals surface area contributed by atoms with E-state index in [1.54, 1.807) is 12.1 Å². The Morgan fingerprint density at radius 1 is 0.646 bits per heavy atom. The number of ether oxygens (including phenoxy) is 5. The molecule has 14 nitrogen and oxygen atoms in total. The quantitative estimate of drug-likeness (QED) is 0.126. The average molecular weight is 659 g/mol. The molecule has 250 valence electrons. The van der Waals surface area contributed by atoms with Crippen molar-refractivity contribution in [3.05, 3.63) is 133 Å². The third-order valence-corrected chi connectivity index (χ3v) is 7.38. The molecule has 0 saturated heterocycles. The molecule has 2 bridgehead atoms. The Hall–Kier alpha value is -5.12. The molecule has 1 aliphatic heterocycles. The van der Waals surface area contributed by atoms with Gasteiger partial charge in [-0.05, 0) is 29.3 Å². The number of rotatable bonds is 6. The molecular weight excluding hydrogens is 624 g/mol. The smallest absolute Gasteiger partial charge is 0.303 e. The van der Waals surface area contributed by atoms with Crippen LogP contribution < -0.4 is 0 Å². The minimum Gasteiger partial charge on any atom is -0.507 e. The van der Waals surface area contributed by atoms with E-state index >= 15 is 0 Å². The Morgan fingerprint density at radius 2 is 1.19 bits per heavy atom. The van der Waals surface area contributed by atoms with Gasteiger partial charge < -0.3 is 28.8 Å². The molecule has 1 unspecified atom stereocenters. The van der Waals surface area contributed by atoms with Gasteiger partial charge in [0, 0.05) is 17.2 Å². The number of nitrogens with zero attached hydrogens (tertiary/aromatic N) is 4. The van der Waals surface area contributed by atoms with Crippen LogP contribution in [0.2, 0.25) is 0 Å². The van der Waals surface area contributed by atoms with Gasteiger partial charge in [-0.3, -0.25) is 20.2 Å². The molecule has 1 N–H and O–H groups in total. The molecule has 0 amide bonds. The molecule has 0 saturated carbocycles. The summed E-state index contributed by atoms with van der Waals surface area (Å²) >= 11 is 0. The molecule has 2 atom stereocenters. The molecule has 1 aliphatic rings. The van der Waals surface area contributed by atoms with E-state index in [0.29, 0.717) is 37.6 Å². The van der Waals surface area contributed by atoms with Crippen LogP contribution in [-0.4, -0.2) is 54.6 Å². The van der Waals surface area contributed by atoms with Crippen molar-refractivity contribution in [2.24, 2.45) is 10.2 Å². The molecule has 0 fully saturated rings. The highest BCUT2D eigenvalue weighted by Crippen LogP contribution is 2.35. The lowest BCUT2D eigenvalue weighted by Crippen LogP contribution is -2.18. The van der Waals surface area contributed by atoms with E-state index in [1.807, 2.05) is 60.7 Å². The first-order valence-electron chi connectivity index (χ1n) is 15.1. The van der Waals surface area contributed by atoms with E-state index in [4.69, 9.17) is 23.7 Å². The van der Waals surface area contributed by atoms with Crippen LogP contribution in [0.15, 0.2) is 101 Å². The number of benzene rings is 4. The molecular formula is C34H34N4O10. The zero-order valence-corrected chi connectivity index (χ0v) is 25.9. The van der Waals surface area contributed by atoms with E-state index in [9.17, 15) is 25.3 Å². The fourth-order valence-electron chi connectivity index (χ4n) is 4.96. The van der Waals surface area contributed by atoms with Crippen LogP contribution in [0.4, 0.5) is 22.7 Å². The first kappa shape index (κ1) is 34.2. The Labute approximate surface area is 275 Å². The fourth-order valence-corrected chi connectivity index (χ4v) is 4.96. The fraction of sp³-hybridized carbons (Fsp3) is 0.294. The molecule has 0 radical (unpaired) electrons. The molecule has 14 heteroatoms. The molecule has 0 spiro atoms. The van der Waals surface area contributed by atoms with Gasteiger partial charge in [-0.15, -0.1) is 5.11 Å². The summed E-state index contributed by atoms with van der Waals surface area (Å²) in [6.45, 7) is 1.60. The SMILES string of the molecule is O=[N+]([O-])c1ccc(N=Nc2cc3c(O)c(c2)COC[C@H](c2ccccc2)OCCOCCOC(c2ccccc2)COC3)c([N+](=O)[O-])c1. The van der Waals surface area contributed by atoms with Gasteiger partial charge in [-0.1, -0.05) is 60.7 Å². The Kier molecular flexibility index (Phi) is 12.2. The first-order chi connectivity index (χ1) is 23.4. The van der Waals surface area contributed by atoms with Crippen molar-refractivity contribution in [2.75, 3.05) is 39.6 Å². The number of hydrogen-bond acceptors (Lipinski definition) is 12. The lowest BCUT2D eigenvalue weighted by molar-refractivity contribution is -0.393. The molecule has 48 heavy (non-hydrogen) atoms. The highest BCUT2D eigenvalue weighted by molar-refractivity contribution is 5.62. The molecule has 1 heterocycles. The Balaban J connectivity index is 1.44. The van der Waals surface area contributed by atoms with Crippen LogP contribution in [-0.2, 0) is 36.9 Å². The number of fused-ring (bicyclic) bond motifs is 2. The van der Waals surface area contributed by atoms with Crippen LogP contribution in [0.3, 0.4) is 0 Å². The van der Waals surface area contributed by atoms with Crippen molar-refractivity contribution < 1.29 is 38.6 Å². The summed E-state index contributed by atoms with van der Waals surface area (Å²) in [7, 11) is 0. The Morgan fingerprint density at radius 3 is 1.69 bits per heavy atom. The highest BCUT2D eigenvalue weighted by Gasteiger charge is 2.21. The van der Waals surface area contributed by atoms with Crippen molar-refractivity contribution in [1.29, 1.82) is 0 Å². The van der Waals surface area contributed by atoms with Crippen molar-refractivity contribution in [2.45, 2.75) is 25.4 Å². The first-order valence-corrected chi connectivity index (χ1v) is 15.1. The van der Waals surface area contributed by atoms with Crippen molar-refractivity contribution in [3.8, 4) is 5.75 Å². The van der Waals surface area contributed by atoms with Gasteiger partial charge in [-0.2, -0.15) is 5.11 Å².